The monoisotopic (exact) mass is 734 g/mol. The number of benzene rings is 1. The van der Waals surface area contributed by atoms with E-state index in [9.17, 15) is 23.2 Å². The lowest BCUT2D eigenvalue weighted by Crippen LogP contribution is -2.53. The number of hydrogen-bond donors (Lipinski definition) is 3. The number of carbonyl (C=O) groups excluding carboxylic acids is 3. The number of pyridine rings is 2. The highest BCUT2D eigenvalue weighted by Gasteiger charge is 2.31. The van der Waals surface area contributed by atoms with E-state index in [2.05, 4.69) is 45.3 Å². The van der Waals surface area contributed by atoms with Crippen LogP contribution in [0.5, 0.6) is 5.75 Å². The Hall–Kier alpha value is -5.19. The van der Waals surface area contributed by atoms with Gasteiger partial charge >= 0.3 is 11.6 Å². The van der Waals surface area contributed by atoms with Crippen molar-refractivity contribution in [3.05, 3.63) is 78.4 Å². The van der Waals surface area contributed by atoms with E-state index < -0.39 is 17.5 Å². The summed E-state index contributed by atoms with van der Waals surface area (Å²) >= 11 is 4.83. The van der Waals surface area contributed by atoms with Gasteiger partial charge in [-0.1, -0.05) is 0 Å². The number of aromatic amines is 1. The van der Waals surface area contributed by atoms with Gasteiger partial charge in [-0.05, 0) is 74.0 Å². The number of nitrogens with zero attached hydrogens (tertiary/aromatic N) is 7. The zero-order chi connectivity index (χ0) is 36.2. The zero-order valence-electron chi connectivity index (χ0n) is 28.1. The number of H-pyrrole nitrogens is 1. The largest absolute Gasteiger partial charge is 0.487 e. The third-order valence-electron chi connectivity index (χ3n) is 9.58. The van der Waals surface area contributed by atoms with Crippen molar-refractivity contribution in [3.63, 3.8) is 0 Å². The highest BCUT2D eigenvalue weighted by atomic mass is 35.5. The van der Waals surface area contributed by atoms with Gasteiger partial charge < -0.3 is 15.0 Å². The van der Waals surface area contributed by atoms with Crippen molar-refractivity contribution in [1.29, 1.82) is 0 Å². The van der Waals surface area contributed by atoms with Crippen LogP contribution in [0.1, 0.15) is 35.2 Å². The molecule has 14 nitrogen and oxygen atoms in total. The maximum atomic E-state index is 13.2. The van der Waals surface area contributed by atoms with Gasteiger partial charge in [0.15, 0.2) is 0 Å². The lowest BCUT2D eigenvalue weighted by Gasteiger charge is -2.43. The predicted octanol–water partition coefficient (Wildman–Crippen LogP) is 4.52. The molecule has 272 valence electrons. The van der Waals surface area contributed by atoms with Crippen molar-refractivity contribution in [2.75, 3.05) is 60.9 Å². The van der Waals surface area contributed by atoms with Gasteiger partial charge in [0, 0.05) is 93.2 Å². The van der Waals surface area contributed by atoms with Crippen LogP contribution in [0.3, 0.4) is 0 Å². The first-order valence-electron chi connectivity index (χ1n) is 17.0. The van der Waals surface area contributed by atoms with Crippen molar-refractivity contribution < 1.29 is 27.9 Å². The Kier molecular flexibility index (Phi) is 10.3. The second kappa shape index (κ2) is 15.2. The van der Waals surface area contributed by atoms with Crippen LogP contribution in [0.4, 0.5) is 30.8 Å². The van der Waals surface area contributed by atoms with Gasteiger partial charge in [0.1, 0.15) is 11.6 Å². The zero-order valence-corrected chi connectivity index (χ0v) is 28.9. The molecule has 0 saturated carbocycles. The predicted molar refractivity (Wildman–Crippen MR) is 189 cm³/mol. The van der Waals surface area contributed by atoms with Crippen molar-refractivity contribution in [2.45, 2.75) is 37.4 Å². The Balaban J connectivity index is 0.949. The highest BCUT2D eigenvalue weighted by molar-refractivity contribution is 6.20. The molecule has 3 fully saturated rings. The topological polar surface area (TPSA) is 152 Å². The minimum atomic E-state index is -3.83. The molecule has 0 spiro atoms. The molecule has 0 unspecified atom stereocenters. The highest BCUT2D eigenvalue weighted by Crippen LogP contribution is 2.32. The maximum Gasteiger partial charge on any atom is 0.487 e. The number of anilines is 3. The summed E-state index contributed by atoms with van der Waals surface area (Å²) in [4.78, 5) is 55.1. The first-order chi connectivity index (χ1) is 25.1. The van der Waals surface area contributed by atoms with Gasteiger partial charge in [-0.2, -0.15) is 5.10 Å². The average molecular weight is 735 g/mol. The number of ether oxygens (including phenoxy) is 1. The first-order valence-corrected chi connectivity index (χ1v) is 17.4. The fourth-order valence-electron chi connectivity index (χ4n) is 6.95. The van der Waals surface area contributed by atoms with E-state index in [1.807, 2.05) is 12.1 Å². The third kappa shape index (κ3) is 8.30. The summed E-state index contributed by atoms with van der Waals surface area (Å²) in [5.74, 6) is -0.0690. The van der Waals surface area contributed by atoms with E-state index >= 15 is 0 Å². The van der Waals surface area contributed by atoms with Crippen LogP contribution in [0.15, 0.2) is 67.3 Å². The molecule has 7 rings (SSSR count). The Bertz CT molecular complexity index is 1890. The van der Waals surface area contributed by atoms with Gasteiger partial charge in [-0.3, -0.25) is 39.7 Å². The molecule has 3 N–H and O–H groups in total. The normalized spacial score (nSPS) is 18.0. The molecule has 0 radical (unpaired) electrons. The summed E-state index contributed by atoms with van der Waals surface area (Å²) in [6.45, 7) is 6.14. The Morgan fingerprint density at radius 3 is 2.44 bits per heavy atom. The smallest absolute Gasteiger partial charge is 0.420 e. The number of urea groups is 1. The number of hydrogen-bond acceptors (Lipinski definition) is 10. The molecule has 0 bridgehead atoms. The number of amides is 4. The molecule has 0 aliphatic carbocycles. The molecular weight excluding hydrogens is 698 g/mol. The molecule has 6 heterocycles. The van der Waals surface area contributed by atoms with E-state index in [0.717, 1.165) is 80.4 Å². The van der Waals surface area contributed by atoms with Crippen molar-refractivity contribution in [2.24, 2.45) is 0 Å². The van der Waals surface area contributed by atoms with E-state index in [1.165, 1.54) is 30.5 Å². The van der Waals surface area contributed by atoms with Crippen LogP contribution in [0.2, 0.25) is 0 Å². The molecule has 3 aromatic heterocycles. The number of imide groups is 1. The number of piperazine rings is 1. The number of carbonyl (C=O) groups is 3. The minimum absolute atomic E-state index is 0.141. The summed E-state index contributed by atoms with van der Waals surface area (Å²) < 4.78 is 30.2. The van der Waals surface area contributed by atoms with Gasteiger partial charge in [0.2, 0.25) is 5.91 Å². The SMILES string of the molecule is O=C1CCN(c2cnccc2CN2CCC(N3CCN(c4ncc(C(=O)Nc5ccc(OC(F)(F)Cl)cc5)cc4-c4ccn[nH]4)CC3)CC2)C(=O)N1. The lowest BCUT2D eigenvalue weighted by atomic mass is 10.0. The number of piperidine rings is 1. The Labute approximate surface area is 303 Å². The minimum Gasteiger partial charge on any atom is -0.420 e. The van der Waals surface area contributed by atoms with Crippen molar-refractivity contribution >= 4 is 46.6 Å². The molecule has 17 heteroatoms. The van der Waals surface area contributed by atoms with E-state index in [-0.39, 0.29) is 18.1 Å². The van der Waals surface area contributed by atoms with Gasteiger partial charge in [-0.15, -0.1) is 8.78 Å². The second-order valence-corrected chi connectivity index (χ2v) is 13.3. The fourth-order valence-corrected chi connectivity index (χ4v) is 7.04. The molecule has 52 heavy (non-hydrogen) atoms. The van der Waals surface area contributed by atoms with Gasteiger partial charge in [0.05, 0.1) is 23.1 Å². The van der Waals surface area contributed by atoms with Crippen LogP contribution in [0, 0.1) is 0 Å². The van der Waals surface area contributed by atoms with Crippen LogP contribution < -0.4 is 25.2 Å². The number of rotatable bonds is 10. The summed E-state index contributed by atoms with van der Waals surface area (Å²) in [6.07, 6.45) is 8.92. The molecule has 1 aromatic carbocycles. The standard InChI is InChI=1S/C35H37ClF2N10O4/c36-35(37,38)52-27-3-1-25(2-4-27)42-33(50)24-19-28(29-6-11-41-44-29)32(40-20-24)47-17-15-46(16-18-47)26-7-12-45(13-8-26)22-23-5-10-39-21-30(23)48-14-9-31(49)43-34(48)51/h1-6,10-11,19-21,26H,7-9,12-18,22H2,(H,41,44)(H,42,50)(H,43,49,51). The van der Waals surface area contributed by atoms with Gasteiger partial charge in [-0.25, -0.2) is 9.78 Å². The molecular formula is C35H37ClF2N10O4. The van der Waals surface area contributed by atoms with Crippen LogP contribution in [-0.2, 0) is 11.3 Å². The van der Waals surface area contributed by atoms with Crippen LogP contribution in [0.25, 0.3) is 11.3 Å². The summed E-state index contributed by atoms with van der Waals surface area (Å²) in [5, 5.41) is 12.3. The maximum absolute atomic E-state index is 13.2. The van der Waals surface area contributed by atoms with E-state index in [4.69, 9.17) is 16.6 Å². The Morgan fingerprint density at radius 1 is 0.981 bits per heavy atom. The molecule has 3 aliphatic heterocycles. The number of halogens is 3. The number of aromatic nitrogens is 4. The van der Waals surface area contributed by atoms with Crippen LogP contribution in [-0.4, -0.2) is 105 Å². The third-order valence-corrected chi connectivity index (χ3v) is 9.66. The number of likely N-dealkylation sites (tertiary alicyclic amines) is 1. The van der Waals surface area contributed by atoms with Crippen LogP contribution >= 0.6 is 11.6 Å². The lowest BCUT2D eigenvalue weighted by molar-refractivity contribution is -0.120. The van der Waals surface area contributed by atoms with Gasteiger partial charge in [0.25, 0.3) is 5.91 Å². The fraction of sp³-hybridized carbons (Fsp3) is 0.371. The first kappa shape index (κ1) is 35.2. The molecule has 4 amide bonds. The molecule has 0 atom stereocenters. The Morgan fingerprint density at radius 2 is 1.75 bits per heavy atom. The summed E-state index contributed by atoms with van der Waals surface area (Å²) in [6, 6.07) is 11.0. The van der Waals surface area contributed by atoms with E-state index in [0.29, 0.717) is 30.4 Å². The summed E-state index contributed by atoms with van der Waals surface area (Å²) in [5.41, 5.74) is 0.0861. The number of nitrogens with one attached hydrogen (secondary N) is 3. The van der Waals surface area contributed by atoms with Crippen molar-refractivity contribution in [1.82, 2.24) is 35.3 Å². The second-order valence-electron chi connectivity index (χ2n) is 12.9. The molecule has 3 aliphatic rings. The quantitative estimate of drug-likeness (QED) is 0.199. The molecule has 4 aromatic rings. The number of alkyl halides is 3. The van der Waals surface area contributed by atoms with E-state index in [1.54, 1.807) is 29.6 Å². The molecule has 3 saturated heterocycles. The summed E-state index contributed by atoms with van der Waals surface area (Å²) in [7, 11) is 0. The van der Waals surface area contributed by atoms with Crippen molar-refractivity contribution in [3.8, 4) is 17.0 Å². The average Bonchev–Trinajstić information content (AvgIpc) is 3.68.